The maximum absolute atomic E-state index is 13.8. The summed E-state index contributed by atoms with van der Waals surface area (Å²) in [4.78, 5) is 25.8. The second-order valence-electron chi connectivity index (χ2n) is 15.3. The first kappa shape index (κ1) is 39.1. The molecule has 0 bridgehead atoms. The Morgan fingerprint density at radius 2 is 1.48 bits per heavy atom. The summed E-state index contributed by atoms with van der Waals surface area (Å²) in [7, 11) is -4.18. The second kappa shape index (κ2) is 15.1. The number of rotatable bonds is 14. The third kappa shape index (κ3) is 8.92. The minimum absolute atomic E-state index is 0.0151. The second-order valence-corrected chi connectivity index (χ2v) is 17.2. The summed E-state index contributed by atoms with van der Waals surface area (Å²) >= 11 is 0. The molecule has 2 aliphatic rings. The first-order valence-corrected chi connectivity index (χ1v) is 18.9. The fraction of sp³-hybridized carbons (Fsp3) is 0.487. The number of nitrogens with one attached hydrogen (secondary N) is 1. The first-order chi connectivity index (χ1) is 24.3. The van der Waals surface area contributed by atoms with E-state index in [1.54, 1.807) is 39.8 Å². The van der Waals surface area contributed by atoms with E-state index in [4.69, 9.17) is 18.9 Å². The fourth-order valence-corrected chi connectivity index (χ4v) is 8.12. The zero-order valence-electron chi connectivity index (χ0n) is 30.7. The van der Waals surface area contributed by atoms with Crippen molar-refractivity contribution in [3.63, 3.8) is 0 Å². The van der Waals surface area contributed by atoms with Gasteiger partial charge in [-0.15, -0.1) is 0 Å². The summed E-state index contributed by atoms with van der Waals surface area (Å²) < 4.78 is 78.2. The number of esters is 2. The molecule has 1 aliphatic heterocycles. The van der Waals surface area contributed by atoms with E-state index in [0.717, 1.165) is 27.6 Å². The van der Waals surface area contributed by atoms with Gasteiger partial charge in [0.2, 0.25) is 10.0 Å². The molecule has 2 fully saturated rings. The highest BCUT2D eigenvalue weighted by atomic mass is 32.2. The molecule has 1 saturated carbocycles. The highest BCUT2D eigenvalue weighted by Gasteiger charge is 2.74. The highest BCUT2D eigenvalue weighted by molar-refractivity contribution is 7.89. The van der Waals surface area contributed by atoms with Gasteiger partial charge in [0.1, 0.15) is 40.9 Å². The third-order valence-corrected chi connectivity index (χ3v) is 11.0. The van der Waals surface area contributed by atoms with E-state index in [-0.39, 0.29) is 44.7 Å². The van der Waals surface area contributed by atoms with Gasteiger partial charge in [0.15, 0.2) is 6.10 Å². The Morgan fingerprint density at radius 1 is 0.904 bits per heavy atom. The number of halogens is 2. The molecule has 282 valence electrons. The Bertz CT molecular complexity index is 1820. The average Bonchev–Trinajstić information content (AvgIpc) is 3.39. The molecular weight excluding hydrogens is 694 g/mol. The lowest BCUT2D eigenvalue weighted by atomic mass is 9.87. The minimum Gasteiger partial charge on any atom is -0.492 e. The van der Waals surface area contributed by atoms with Gasteiger partial charge in [0.25, 0.3) is 0 Å². The Kier molecular flexibility index (Phi) is 11.4. The number of fused-ring (bicyclic) bond motifs is 1. The van der Waals surface area contributed by atoms with Crippen LogP contribution in [0.4, 0.5) is 8.78 Å². The van der Waals surface area contributed by atoms with Crippen LogP contribution in [0.5, 0.6) is 11.5 Å². The third-order valence-electron chi connectivity index (χ3n) is 9.24. The molecule has 1 N–H and O–H groups in total. The predicted octanol–water partition coefficient (Wildman–Crippen LogP) is 5.81. The van der Waals surface area contributed by atoms with Gasteiger partial charge in [0.05, 0.1) is 11.5 Å². The number of piperidine rings is 1. The van der Waals surface area contributed by atoms with E-state index in [9.17, 15) is 26.8 Å². The van der Waals surface area contributed by atoms with Gasteiger partial charge >= 0.3 is 11.9 Å². The lowest BCUT2D eigenvalue weighted by molar-refractivity contribution is -0.160. The molecule has 0 radical (unpaired) electrons. The number of hydrogen-bond donors (Lipinski definition) is 1. The number of carbonyl (C=O) groups is 2. The van der Waals surface area contributed by atoms with Gasteiger partial charge in [-0.05, 0) is 80.6 Å². The minimum atomic E-state index is -4.18. The van der Waals surface area contributed by atoms with Gasteiger partial charge in [-0.3, -0.25) is 10.1 Å². The smallest absolute Gasteiger partial charge is 0.347 e. The van der Waals surface area contributed by atoms with Crippen molar-refractivity contribution in [1.29, 1.82) is 0 Å². The number of sulfonamides is 1. The summed E-state index contributed by atoms with van der Waals surface area (Å²) in [6.07, 6.45) is -0.566. The average molecular weight is 743 g/mol. The number of nitrogens with zero attached hydrogens (tertiary/aromatic N) is 1. The van der Waals surface area contributed by atoms with Crippen molar-refractivity contribution >= 4 is 22.0 Å². The van der Waals surface area contributed by atoms with Crippen LogP contribution in [0, 0.1) is 23.5 Å². The Hall–Kier alpha value is -4.07. The van der Waals surface area contributed by atoms with Gasteiger partial charge < -0.3 is 18.9 Å². The van der Waals surface area contributed by atoms with Crippen LogP contribution in [0.3, 0.4) is 0 Å². The molecule has 3 aromatic rings. The van der Waals surface area contributed by atoms with Crippen LogP contribution in [0.2, 0.25) is 0 Å². The zero-order valence-corrected chi connectivity index (χ0v) is 31.5. The molecule has 1 unspecified atom stereocenters. The molecule has 5 rings (SSSR count). The molecule has 3 aromatic carbocycles. The largest absolute Gasteiger partial charge is 0.492 e. The van der Waals surface area contributed by atoms with Crippen LogP contribution in [-0.2, 0) is 40.9 Å². The molecule has 1 saturated heterocycles. The lowest BCUT2D eigenvalue weighted by Crippen LogP contribution is -2.51. The predicted molar refractivity (Wildman–Crippen MR) is 191 cm³/mol. The fourth-order valence-electron chi connectivity index (χ4n) is 6.59. The zero-order chi connectivity index (χ0) is 38.1. The van der Waals surface area contributed by atoms with E-state index >= 15 is 0 Å². The van der Waals surface area contributed by atoms with Gasteiger partial charge in [0, 0.05) is 44.0 Å². The van der Waals surface area contributed by atoms with E-state index < -0.39 is 67.6 Å². The van der Waals surface area contributed by atoms with Crippen molar-refractivity contribution in [3.05, 3.63) is 89.5 Å². The molecule has 0 aromatic heterocycles. The summed E-state index contributed by atoms with van der Waals surface area (Å²) in [5.41, 5.74) is 0.0648. The van der Waals surface area contributed by atoms with Gasteiger partial charge in [-0.25, -0.2) is 22.0 Å². The van der Waals surface area contributed by atoms with Crippen molar-refractivity contribution in [1.82, 2.24) is 9.62 Å². The van der Waals surface area contributed by atoms with E-state index in [2.05, 4.69) is 26.1 Å². The van der Waals surface area contributed by atoms with E-state index in [0.29, 0.717) is 17.6 Å². The number of hydrogen-bond acceptors (Lipinski definition) is 9. The Balaban J connectivity index is 1.18. The summed E-state index contributed by atoms with van der Waals surface area (Å²) in [5.74, 6) is -2.60. The van der Waals surface area contributed by atoms with Gasteiger partial charge in [-0.2, -0.15) is 4.31 Å². The van der Waals surface area contributed by atoms with Crippen LogP contribution in [-0.4, -0.2) is 74.8 Å². The van der Waals surface area contributed by atoms with Crippen LogP contribution in [0.25, 0.3) is 0 Å². The SMILES string of the molecule is CCOC(=O)[C@H](Cc1ccc(OCCN[C@]2(C(=O)OC(C)(C)C)C3CN(S(=O)(=O)c4cc(F)cc(F)c4)C[C@H]32)cc1)Oc1ccc(C(C)(C)C)cc1. The van der Waals surface area contributed by atoms with Crippen LogP contribution in [0.15, 0.2) is 71.6 Å². The van der Waals surface area contributed by atoms with Crippen LogP contribution in [0.1, 0.15) is 59.6 Å². The first-order valence-electron chi connectivity index (χ1n) is 17.4. The molecule has 0 spiro atoms. The molecule has 52 heavy (non-hydrogen) atoms. The molecule has 0 amide bonds. The lowest BCUT2D eigenvalue weighted by Gasteiger charge is -2.29. The monoisotopic (exact) mass is 742 g/mol. The van der Waals surface area contributed by atoms with Crippen molar-refractivity contribution in [2.45, 2.75) is 82.4 Å². The van der Waals surface area contributed by atoms with Crippen LogP contribution < -0.4 is 14.8 Å². The van der Waals surface area contributed by atoms with Crippen molar-refractivity contribution < 1.29 is 45.7 Å². The molecule has 1 heterocycles. The molecule has 10 nitrogen and oxygen atoms in total. The van der Waals surface area contributed by atoms with Crippen LogP contribution >= 0.6 is 0 Å². The number of carbonyl (C=O) groups excluding carboxylic acids is 2. The number of benzene rings is 3. The summed E-state index contributed by atoms with van der Waals surface area (Å²) in [6.45, 7) is 14.0. The molecule has 13 heteroatoms. The summed E-state index contributed by atoms with van der Waals surface area (Å²) in [6, 6.07) is 17.1. The van der Waals surface area contributed by atoms with E-state index in [1.165, 1.54) is 0 Å². The maximum Gasteiger partial charge on any atom is 0.347 e. The molecule has 4 atom stereocenters. The van der Waals surface area contributed by atoms with Crippen molar-refractivity contribution in [3.8, 4) is 11.5 Å². The normalized spacial score (nSPS) is 20.9. The topological polar surface area (TPSA) is 120 Å². The maximum atomic E-state index is 13.8. The summed E-state index contributed by atoms with van der Waals surface area (Å²) in [5, 5.41) is 3.28. The number of ether oxygens (including phenoxy) is 4. The highest BCUT2D eigenvalue weighted by Crippen LogP contribution is 2.57. The molecule has 1 aliphatic carbocycles. The Labute approximate surface area is 304 Å². The Morgan fingerprint density at radius 3 is 2.02 bits per heavy atom. The van der Waals surface area contributed by atoms with Gasteiger partial charge in [-0.1, -0.05) is 45.0 Å². The van der Waals surface area contributed by atoms with Crippen molar-refractivity contribution in [2.24, 2.45) is 11.8 Å². The molecular formula is C39H48F2N2O8S. The standard InChI is InChI=1S/C39H48F2N2O8S/c1-8-48-35(44)34(50-30-15-11-26(12-16-30)37(2,3)4)19-25-9-13-29(14-10-25)49-18-17-42-39(36(45)51-38(5,6)7)32-23-43(24-33(32)39)52(46,47)31-21-27(40)20-28(41)22-31/h9-16,20-22,32-34,42H,8,17-19,23-24H2,1-7H3/t32-,33?,34+,39+/m1/s1. The van der Waals surface area contributed by atoms with E-state index in [1.807, 2.05) is 36.4 Å². The quantitative estimate of drug-likeness (QED) is 0.161. The van der Waals surface area contributed by atoms with Crippen molar-refractivity contribution in [2.75, 3.05) is 32.8 Å².